The van der Waals surface area contributed by atoms with Crippen LogP contribution < -0.4 is 5.32 Å². The first kappa shape index (κ1) is 19.1. The average molecular weight is 404 g/mol. The van der Waals surface area contributed by atoms with Crippen LogP contribution in [-0.2, 0) is 4.79 Å². The number of aromatic nitrogens is 3. The predicted molar refractivity (Wildman–Crippen MR) is 116 cm³/mol. The van der Waals surface area contributed by atoms with E-state index >= 15 is 0 Å². The van der Waals surface area contributed by atoms with E-state index in [0.717, 1.165) is 27.7 Å². The monoisotopic (exact) mass is 404 g/mol. The third-order valence-electron chi connectivity index (χ3n) is 4.78. The maximum absolute atomic E-state index is 12.4. The van der Waals surface area contributed by atoms with Gasteiger partial charge in [0, 0.05) is 16.6 Å². The van der Waals surface area contributed by atoms with Crippen LogP contribution in [0.4, 0.5) is 5.69 Å². The zero-order chi connectivity index (χ0) is 20.5. The number of rotatable bonds is 5. The van der Waals surface area contributed by atoms with Crippen molar-refractivity contribution in [2.24, 2.45) is 0 Å². The number of pyridine rings is 1. The molecule has 2 heterocycles. The number of aryl methyl sites for hydroxylation is 2. The number of carbonyl (C=O) groups is 2. The van der Waals surface area contributed by atoms with E-state index in [0.29, 0.717) is 16.4 Å². The van der Waals surface area contributed by atoms with Crippen molar-refractivity contribution in [1.82, 2.24) is 14.6 Å². The molecule has 0 unspecified atom stereocenters. The van der Waals surface area contributed by atoms with Crippen LogP contribution in [0, 0.1) is 13.8 Å². The normalized spacial score (nSPS) is 11.1. The molecule has 0 aliphatic rings. The number of thioether (sulfide) groups is 1. The van der Waals surface area contributed by atoms with Gasteiger partial charge in [-0.25, -0.2) is 0 Å². The summed E-state index contributed by atoms with van der Waals surface area (Å²) >= 11 is 1.33. The lowest BCUT2D eigenvalue weighted by atomic mass is 10.1. The van der Waals surface area contributed by atoms with E-state index in [1.54, 1.807) is 24.3 Å². The quantitative estimate of drug-likeness (QED) is 0.393. The summed E-state index contributed by atoms with van der Waals surface area (Å²) in [6.45, 7) is 5.62. The van der Waals surface area contributed by atoms with Gasteiger partial charge < -0.3 is 5.32 Å². The molecule has 0 saturated carbocycles. The molecule has 4 aromatic rings. The van der Waals surface area contributed by atoms with Crippen LogP contribution in [0.25, 0.3) is 16.6 Å². The molecule has 0 aliphatic heterocycles. The van der Waals surface area contributed by atoms with Crippen LogP contribution in [-0.4, -0.2) is 32.0 Å². The minimum absolute atomic E-state index is 0.0389. The summed E-state index contributed by atoms with van der Waals surface area (Å²) in [4.78, 5) is 23.9. The summed E-state index contributed by atoms with van der Waals surface area (Å²) in [5.74, 6) is -0.0182. The molecule has 0 saturated heterocycles. The van der Waals surface area contributed by atoms with Gasteiger partial charge in [0.05, 0.1) is 11.3 Å². The van der Waals surface area contributed by atoms with Crippen LogP contribution >= 0.6 is 11.8 Å². The molecule has 4 rings (SSSR count). The average Bonchev–Trinajstić information content (AvgIpc) is 3.09. The van der Waals surface area contributed by atoms with E-state index in [-0.39, 0.29) is 17.4 Å². The lowest BCUT2D eigenvalue weighted by Gasteiger charge is -2.10. The SMILES string of the molecule is CC(=O)c1cccc(NC(=O)CSc2nnc3cc(C)c4cccc(C)c4n23)c1. The molecule has 7 heteroatoms. The predicted octanol–water partition coefficient (Wildman–Crippen LogP) is 4.43. The Bertz CT molecular complexity index is 1260. The Kier molecular flexibility index (Phi) is 5.07. The van der Waals surface area contributed by atoms with Crippen molar-refractivity contribution >= 4 is 45.7 Å². The summed E-state index contributed by atoms with van der Waals surface area (Å²) in [5.41, 5.74) is 5.26. The first-order valence-electron chi connectivity index (χ1n) is 9.22. The molecule has 0 spiro atoms. The van der Waals surface area contributed by atoms with Crippen molar-refractivity contribution in [3.05, 3.63) is 65.2 Å². The fraction of sp³-hybridized carbons (Fsp3) is 0.182. The maximum Gasteiger partial charge on any atom is 0.234 e. The smallest absolute Gasteiger partial charge is 0.234 e. The number of nitrogens with zero attached hydrogens (tertiary/aromatic N) is 3. The van der Waals surface area contributed by atoms with Gasteiger partial charge in [0.25, 0.3) is 0 Å². The Balaban J connectivity index is 1.58. The number of hydrogen-bond donors (Lipinski definition) is 1. The lowest BCUT2D eigenvalue weighted by Crippen LogP contribution is -2.14. The molecule has 146 valence electrons. The van der Waals surface area contributed by atoms with Crippen molar-refractivity contribution in [1.29, 1.82) is 0 Å². The van der Waals surface area contributed by atoms with E-state index in [4.69, 9.17) is 0 Å². The van der Waals surface area contributed by atoms with Crippen LogP contribution in [0.15, 0.2) is 53.7 Å². The number of hydrogen-bond acceptors (Lipinski definition) is 5. The second kappa shape index (κ2) is 7.67. The summed E-state index contributed by atoms with van der Waals surface area (Å²) in [7, 11) is 0. The van der Waals surface area contributed by atoms with Crippen LogP contribution in [0.2, 0.25) is 0 Å². The van der Waals surface area contributed by atoms with E-state index in [2.05, 4.69) is 41.5 Å². The van der Waals surface area contributed by atoms with Gasteiger partial charge in [-0.05, 0) is 50.1 Å². The van der Waals surface area contributed by atoms with E-state index < -0.39 is 0 Å². The molecule has 0 bridgehead atoms. The van der Waals surface area contributed by atoms with Crippen molar-refractivity contribution in [2.45, 2.75) is 25.9 Å². The number of para-hydroxylation sites is 1. The second-order valence-electron chi connectivity index (χ2n) is 6.95. The summed E-state index contributed by atoms with van der Waals surface area (Å²) in [6.07, 6.45) is 0. The largest absolute Gasteiger partial charge is 0.325 e. The number of anilines is 1. The fourth-order valence-electron chi connectivity index (χ4n) is 3.37. The Morgan fingerprint density at radius 3 is 2.62 bits per heavy atom. The molecule has 1 N–H and O–H groups in total. The van der Waals surface area contributed by atoms with Crippen molar-refractivity contribution in [2.75, 3.05) is 11.1 Å². The summed E-state index contributed by atoms with van der Waals surface area (Å²) < 4.78 is 2.01. The highest BCUT2D eigenvalue weighted by molar-refractivity contribution is 7.99. The number of Topliss-reactive ketones (excluding diaryl/α,β-unsaturated/α-hetero) is 1. The Hall–Kier alpha value is -3.19. The molecule has 29 heavy (non-hydrogen) atoms. The highest BCUT2D eigenvalue weighted by Crippen LogP contribution is 2.28. The summed E-state index contributed by atoms with van der Waals surface area (Å²) in [5, 5.41) is 13.2. The zero-order valence-corrected chi connectivity index (χ0v) is 17.2. The van der Waals surface area contributed by atoms with E-state index in [9.17, 15) is 9.59 Å². The Morgan fingerprint density at radius 2 is 1.83 bits per heavy atom. The minimum atomic E-state index is -0.166. The first-order chi connectivity index (χ1) is 13.9. The molecule has 0 aliphatic carbocycles. The molecule has 1 amide bonds. The fourth-order valence-corrected chi connectivity index (χ4v) is 4.11. The van der Waals surface area contributed by atoms with Gasteiger partial charge in [0.2, 0.25) is 5.91 Å². The molecular formula is C22H20N4O2S. The number of nitrogens with one attached hydrogen (secondary N) is 1. The Labute approximate surface area is 172 Å². The van der Waals surface area contributed by atoms with Gasteiger partial charge in [-0.3, -0.25) is 14.0 Å². The maximum atomic E-state index is 12.4. The van der Waals surface area contributed by atoms with Crippen molar-refractivity contribution in [3.63, 3.8) is 0 Å². The molecular weight excluding hydrogens is 384 g/mol. The van der Waals surface area contributed by atoms with Gasteiger partial charge in [0.1, 0.15) is 0 Å². The molecule has 6 nitrogen and oxygen atoms in total. The highest BCUT2D eigenvalue weighted by atomic mass is 32.2. The molecule has 2 aromatic carbocycles. The van der Waals surface area contributed by atoms with Gasteiger partial charge in [-0.1, -0.05) is 42.1 Å². The van der Waals surface area contributed by atoms with E-state index in [1.165, 1.54) is 18.7 Å². The number of fused-ring (bicyclic) bond motifs is 3. The second-order valence-corrected chi connectivity index (χ2v) is 7.89. The number of ketones is 1. The topological polar surface area (TPSA) is 76.4 Å². The van der Waals surface area contributed by atoms with Gasteiger partial charge in [0.15, 0.2) is 16.6 Å². The number of carbonyl (C=O) groups excluding carboxylic acids is 2. The molecule has 0 radical (unpaired) electrons. The standard InChI is InChI=1S/C22H20N4O2S/c1-13-6-4-9-18-14(2)10-19-24-25-22(26(19)21(13)18)29-12-20(28)23-17-8-5-7-16(11-17)15(3)27/h4-11H,12H2,1-3H3,(H,23,28). The minimum Gasteiger partial charge on any atom is -0.325 e. The molecule has 0 atom stereocenters. The third-order valence-corrected chi connectivity index (χ3v) is 5.70. The number of amides is 1. The van der Waals surface area contributed by atoms with Crippen molar-refractivity contribution < 1.29 is 9.59 Å². The molecule has 2 aromatic heterocycles. The number of benzene rings is 2. The first-order valence-corrected chi connectivity index (χ1v) is 10.2. The summed E-state index contributed by atoms with van der Waals surface area (Å²) in [6, 6.07) is 15.1. The Morgan fingerprint density at radius 1 is 1.03 bits per heavy atom. The van der Waals surface area contributed by atoms with Gasteiger partial charge >= 0.3 is 0 Å². The highest BCUT2D eigenvalue weighted by Gasteiger charge is 2.14. The van der Waals surface area contributed by atoms with Crippen LogP contribution in [0.3, 0.4) is 0 Å². The van der Waals surface area contributed by atoms with Gasteiger partial charge in [-0.15, -0.1) is 10.2 Å². The van der Waals surface area contributed by atoms with Crippen LogP contribution in [0.1, 0.15) is 28.4 Å². The third kappa shape index (κ3) is 3.73. The van der Waals surface area contributed by atoms with Gasteiger partial charge in [-0.2, -0.15) is 0 Å². The lowest BCUT2D eigenvalue weighted by molar-refractivity contribution is -0.113. The van der Waals surface area contributed by atoms with Crippen LogP contribution in [0.5, 0.6) is 0 Å². The zero-order valence-electron chi connectivity index (χ0n) is 16.4. The van der Waals surface area contributed by atoms with E-state index in [1.807, 2.05) is 16.5 Å². The van der Waals surface area contributed by atoms with Crippen molar-refractivity contribution in [3.8, 4) is 0 Å². The molecule has 0 fully saturated rings.